The molecule has 0 amide bonds. The minimum atomic E-state index is -0.555. The van der Waals surface area contributed by atoms with E-state index in [1.165, 1.54) is 70.6 Å². The van der Waals surface area contributed by atoms with E-state index < -0.39 is 12.1 Å². The van der Waals surface area contributed by atoms with Crippen LogP contribution < -0.4 is 4.74 Å². The number of unbranched alkanes of at least 4 members (excludes halogenated alkanes) is 11. The minimum absolute atomic E-state index is 0.0329. The lowest BCUT2D eigenvalue weighted by Crippen LogP contribution is -2.20. The van der Waals surface area contributed by atoms with Crippen molar-refractivity contribution in [3.05, 3.63) is 59.7 Å². The first kappa shape index (κ1) is 33.1. The molecule has 0 saturated carbocycles. The Morgan fingerprint density at radius 3 is 1.93 bits per heavy atom. The van der Waals surface area contributed by atoms with E-state index in [9.17, 15) is 9.59 Å². The van der Waals surface area contributed by atoms with Crippen LogP contribution in [0.25, 0.3) is 0 Å². The standard InChI is InChI=1S/C34H49NO5/c1-4-6-7-8-9-10-11-12-13-14-15-16-25-39-32-23-17-29(18-24-32)27-35-31-21-19-30(20-22-31)34(37)40-28(3)26-33(36)38-5-2/h17-24,27-28H,4-16,25-26H2,1-3H3. The van der Waals surface area contributed by atoms with Gasteiger partial charge in [0, 0.05) is 6.21 Å². The van der Waals surface area contributed by atoms with Gasteiger partial charge in [-0.25, -0.2) is 4.79 Å². The Hall–Kier alpha value is -3.15. The lowest BCUT2D eigenvalue weighted by Gasteiger charge is -2.12. The molecule has 2 rings (SSSR count). The third-order valence-corrected chi connectivity index (χ3v) is 6.68. The maximum absolute atomic E-state index is 12.3. The predicted octanol–water partition coefficient (Wildman–Crippen LogP) is 9.02. The highest BCUT2D eigenvalue weighted by Crippen LogP contribution is 2.17. The third kappa shape index (κ3) is 14.9. The normalized spacial score (nSPS) is 11.9. The van der Waals surface area contributed by atoms with Gasteiger partial charge >= 0.3 is 11.9 Å². The van der Waals surface area contributed by atoms with Crippen LogP contribution in [0.15, 0.2) is 53.5 Å². The smallest absolute Gasteiger partial charge is 0.338 e. The highest BCUT2D eigenvalue weighted by molar-refractivity contribution is 5.90. The number of esters is 2. The third-order valence-electron chi connectivity index (χ3n) is 6.68. The molecule has 1 atom stereocenters. The zero-order valence-corrected chi connectivity index (χ0v) is 24.9. The SMILES string of the molecule is CCCCCCCCCCCCCCOc1ccc(C=Nc2ccc(C(=O)OC(C)CC(=O)OCC)cc2)cc1. The molecule has 6 heteroatoms. The van der Waals surface area contributed by atoms with E-state index in [1.54, 1.807) is 44.3 Å². The number of carbonyl (C=O) groups excluding carboxylic acids is 2. The Balaban J connectivity index is 1.60. The quantitative estimate of drug-likeness (QED) is 0.0879. The van der Waals surface area contributed by atoms with E-state index in [0.717, 1.165) is 30.0 Å². The van der Waals surface area contributed by atoms with E-state index in [4.69, 9.17) is 14.2 Å². The average Bonchev–Trinajstić information content (AvgIpc) is 2.95. The molecule has 0 aromatic heterocycles. The minimum Gasteiger partial charge on any atom is -0.494 e. The molecule has 0 bridgehead atoms. The Morgan fingerprint density at radius 1 is 0.775 bits per heavy atom. The number of hydrogen-bond donors (Lipinski definition) is 0. The lowest BCUT2D eigenvalue weighted by molar-refractivity contribution is -0.145. The van der Waals surface area contributed by atoms with Gasteiger partial charge in [-0.15, -0.1) is 0 Å². The van der Waals surface area contributed by atoms with Gasteiger partial charge in [0.25, 0.3) is 0 Å². The van der Waals surface area contributed by atoms with Crippen molar-refractivity contribution in [3.8, 4) is 5.75 Å². The van der Waals surface area contributed by atoms with E-state index in [0.29, 0.717) is 12.2 Å². The van der Waals surface area contributed by atoms with Crippen molar-refractivity contribution in [2.24, 2.45) is 4.99 Å². The van der Waals surface area contributed by atoms with E-state index in [1.807, 2.05) is 24.3 Å². The second kappa shape index (κ2) is 20.7. The van der Waals surface area contributed by atoms with Crippen molar-refractivity contribution in [1.29, 1.82) is 0 Å². The molecule has 2 aromatic carbocycles. The topological polar surface area (TPSA) is 74.2 Å². The fraction of sp³-hybridized carbons (Fsp3) is 0.559. The maximum Gasteiger partial charge on any atom is 0.338 e. The average molecular weight is 552 g/mol. The Kier molecular flexibility index (Phi) is 17.1. The van der Waals surface area contributed by atoms with Crippen molar-refractivity contribution in [2.75, 3.05) is 13.2 Å². The summed E-state index contributed by atoms with van der Waals surface area (Å²) >= 11 is 0. The van der Waals surface area contributed by atoms with Crippen LogP contribution in [0.3, 0.4) is 0 Å². The zero-order valence-electron chi connectivity index (χ0n) is 24.9. The van der Waals surface area contributed by atoms with Gasteiger partial charge in [0.05, 0.1) is 30.9 Å². The molecule has 6 nitrogen and oxygen atoms in total. The number of aliphatic imine (C=N–C) groups is 1. The Morgan fingerprint density at radius 2 is 1.35 bits per heavy atom. The van der Waals surface area contributed by atoms with Gasteiger partial charge in [0.2, 0.25) is 0 Å². The number of carbonyl (C=O) groups is 2. The molecule has 0 aliphatic rings. The summed E-state index contributed by atoms with van der Waals surface area (Å²) in [6.07, 6.45) is 17.3. The molecular weight excluding hydrogens is 502 g/mol. The molecule has 0 aliphatic carbocycles. The summed E-state index contributed by atoms with van der Waals surface area (Å²) in [7, 11) is 0. The van der Waals surface area contributed by atoms with Gasteiger partial charge in [-0.3, -0.25) is 9.79 Å². The van der Waals surface area contributed by atoms with Gasteiger partial charge in [-0.2, -0.15) is 0 Å². The maximum atomic E-state index is 12.3. The molecule has 0 aliphatic heterocycles. The van der Waals surface area contributed by atoms with Gasteiger partial charge in [-0.05, 0) is 74.4 Å². The number of nitrogens with zero attached hydrogens (tertiary/aromatic N) is 1. The molecule has 0 spiro atoms. The van der Waals surface area contributed by atoms with E-state index in [-0.39, 0.29) is 12.4 Å². The summed E-state index contributed by atoms with van der Waals surface area (Å²) < 4.78 is 16.1. The molecule has 0 heterocycles. The monoisotopic (exact) mass is 551 g/mol. The summed E-state index contributed by atoms with van der Waals surface area (Å²) in [5.41, 5.74) is 2.10. The van der Waals surface area contributed by atoms with Crippen molar-refractivity contribution < 1.29 is 23.8 Å². The van der Waals surface area contributed by atoms with Crippen LogP contribution in [-0.2, 0) is 14.3 Å². The highest BCUT2D eigenvalue weighted by Gasteiger charge is 2.16. The van der Waals surface area contributed by atoms with Crippen LogP contribution >= 0.6 is 0 Å². The molecule has 0 radical (unpaired) electrons. The lowest BCUT2D eigenvalue weighted by atomic mass is 10.1. The van der Waals surface area contributed by atoms with E-state index >= 15 is 0 Å². The molecule has 0 saturated heterocycles. The van der Waals surface area contributed by atoms with Gasteiger partial charge in [0.1, 0.15) is 11.9 Å². The number of rotatable bonds is 21. The molecule has 1 unspecified atom stereocenters. The van der Waals surface area contributed by atoms with Crippen LogP contribution in [0.5, 0.6) is 5.75 Å². The number of ether oxygens (including phenoxy) is 3. The summed E-state index contributed by atoms with van der Waals surface area (Å²) in [6, 6.07) is 14.8. The molecule has 2 aromatic rings. The van der Waals surface area contributed by atoms with Crippen LogP contribution in [-0.4, -0.2) is 37.5 Å². The van der Waals surface area contributed by atoms with Gasteiger partial charge < -0.3 is 14.2 Å². The number of benzene rings is 2. The van der Waals surface area contributed by atoms with Crippen molar-refractivity contribution in [3.63, 3.8) is 0 Å². The van der Waals surface area contributed by atoms with Crippen molar-refractivity contribution in [1.82, 2.24) is 0 Å². The fourth-order valence-corrected chi connectivity index (χ4v) is 4.36. The van der Waals surface area contributed by atoms with E-state index in [2.05, 4.69) is 11.9 Å². The van der Waals surface area contributed by atoms with Crippen LogP contribution in [0.4, 0.5) is 5.69 Å². The van der Waals surface area contributed by atoms with Crippen LogP contribution in [0, 0.1) is 0 Å². The second-order valence-electron chi connectivity index (χ2n) is 10.3. The molecular formula is C34H49NO5. The highest BCUT2D eigenvalue weighted by atomic mass is 16.6. The van der Waals surface area contributed by atoms with Gasteiger partial charge in [-0.1, -0.05) is 77.6 Å². The summed E-state index contributed by atoms with van der Waals surface area (Å²) in [5, 5.41) is 0. The second-order valence-corrected chi connectivity index (χ2v) is 10.3. The fourth-order valence-electron chi connectivity index (χ4n) is 4.36. The molecule has 0 fully saturated rings. The first-order valence-electron chi connectivity index (χ1n) is 15.3. The predicted molar refractivity (Wildman–Crippen MR) is 163 cm³/mol. The zero-order chi connectivity index (χ0) is 28.8. The Bertz CT molecular complexity index is 984. The summed E-state index contributed by atoms with van der Waals surface area (Å²) in [6.45, 7) is 6.73. The first-order valence-corrected chi connectivity index (χ1v) is 15.3. The summed E-state index contributed by atoms with van der Waals surface area (Å²) in [5.74, 6) is 0.0124. The summed E-state index contributed by atoms with van der Waals surface area (Å²) in [4.78, 5) is 28.3. The molecule has 0 N–H and O–H groups in total. The molecule has 40 heavy (non-hydrogen) atoms. The van der Waals surface area contributed by atoms with Crippen molar-refractivity contribution in [2.45, 2.75) is 110 Å². The van der Waals surface area contributed by atoms with Crippen molar-refractivity contribution >= 4 is 23.8 Å². The largest absolute Gasteiger partial charge is 0.494 e. The van der Waals surface area contributed by atoms with Gasteiger partial charge in [0.15, 0.2) is 0 Å². The number of hydrogen-bond acceptors (Lipinski definition) is 6. The first-order chi connectivity index (χ1) is 19.5. The van der Waals surface area contributed by atoms with Crippen LogP contribution in [0.1, 0.15) is 120 Å². The van der Waals surface area contributed by atoms with Crippen LogP contribution in [0.2, 0.25) is 0 Å². The Labute approximate surface area is 241 Å². The molecule has 220 valence electrons.